The summed E-state index contributed by atoms with van der Waals surface area (Å²) < 4.78 is 13.5. The molecule has 27 heavy (non-hydrogen) atoms. The quantitative estimate of drug-likeness (QED) is 0.642. The molecule has 3 aromatic rings. The van der Waals surface area contributed by atoms with Crippen LogP contribution in [0.2, 0.25) is 5.02 Å². The van der Waals surface area contributed by atoms with Gasteiger partial charge < -0.3 is 9.26 Å². The van der Waals surface area contributed by atoms with Crippen molar-refractivity contribution in [3.05, 3.63) is 52.4 Å². The van der Waals surface area contributed by atoms with Crippen LogP contribution in [0.15, 0.2) is 34.9 Å². The average molecular weight is 385 g/mol. The molecule has 0 N–H and O–H groups in total. The molecule has 7 heteroatoms. The normalized spacial score (nSPS) is 20.6. The second-order valence-corrected chi connectivity index (χ2v) is 7.78. The van der Waals surface area contributed by atoms with Crippen LogP contribution in [0, 0.1) is 0 Å². The molecule has 1 aromatic carbocycles. The SMILES string of the molecule is Clc1ccc(C2Cn3nc(-c4nc(C5CCCCC5)no4)cc3CO2)cc1. The number of ether oxygens (including phenoxy) is 1. The second kappa shape index (κ2) is 7.09. The van der Waals surface area contributed by atoms with Crippen molar-refractivity contribution in [2.75, 3.05) is 0 Å². The van der Waals surface area contributed by atoms with E-state index in [-0.39, 0.29) is 6.10 Å². The van der Waals surface area contributed by atoms with Gasteiger partial charge in [0.2, 0.25) is 0 Å². The molecule has 2 aliphatic rings. The third-order valence-electron chi connectivity index (χ3n) is 5.51. The number of halogens is 1. The van der Waals surface area contributed by atoms with Gasteiger partial charge in [-0.3, -0.25) is 4.68 Å². The minimum atomic E-state index is -0.0389. The fraction of sp³-hybridized carbons (Fsp3) is 0.450. The minimum absolute atomic E-state index is 0.0389. The van der Waals surface area contributed by atoms with E-state index in [4.69, 9.17) is 20.9 Å². The number of hydrogen-bond acceptors (Lipinski definition) is 5. The van der Waals surface area contributed by atoms with Gasteiger partial charge >= 0.3 is 0 Å². The minimum Gasteiger partial charge on any atom is -0.365 e. The summed E-state index contributed by atoms with van der Waals surface area (Å²) >= 11 is 5.98. The Kier molecular flexibility index (Phi) is 4.45. The second-order valence-electron chi connectivity index (χ2n) is 7.35. The Morgan fingerprint density at radius 3 is 2.70 bits per heavy atom. The molecule has 1 aliphatic heterocycles. The molecule has 0 spiro atoms. The number of aromatic nitrogens is 4. The molecule has 0 amide bonds. The smallest absolute Gasteiger partial charge is 0.278 e. The topological polar surface area (TPSA) is 66.0 Å². The van der Waals surface area contributed by atoms with Gasteiger partial charge in [-0.15, -0.1) is 0 Å². The molecule has 1 fully saturated rings. The summed E-state index contributed by atoms with van der Waals surface area (Å²) in [6, 6.07) is 9.75. The fourth-order valence-corrected chi connectivity index (χ4v) is 4.10. The summed E-state index contributed by atoms with van der Waals surface area (Å²) in [5, 5.41) is 9.63. The van der Waals surface area contributed by atoms with E-state index >= 15 is 0 Å². The van der Waals surface area contributed by atoms with Crippen LogP contribution in [-0.2, 0) is 17.9 Å². The average Bonchev–Trinajstić information content (AvgIpc) is 3.36. The number of nitrogens with zero attached hydrogens (tertiary/aromatic N) is 4. The first-order valence-corrected chi connectivity index (χ1v) is 9.92. The Balaban J connectivity index is 1.35. The van der Waals surface area contributed by atoms with Gasteiger partial charge in [0, 0.05) is 10.9 Å². The van der Waals surface area contributed by atoms with E-state index in [0.717, 1.165) is 40.6 Å². The van der Waals surface area contributed by atoms with E-state index in [1.165, 1.54) is 19.3 Å². The maximum atomic E-state index is 6.01. The molecule has 0 bridgehead atoms. The van der Waals surface area contributed by atoms with Crippen molar-refractivity contribution in [2.24, 2.45) is 0 Å². The Morgan fingerprint density at radius 1 is 1.07 bits per heavy atom. The first kappa shape index (κ1) is 17.0. The van der Waals surface area contributed by atoms with Gasteiger partial charge in [-0.05, 0) is 36.6 Å². The van der Waals surface area contributed by atoms with Crippen LogP contribution in [0.3, 0.4) is 0 Å². The molecule has 140 valence electrons. The van der Waals surface area contributed by atoms with E-state index in [9.17, 15) is 0 Å². The number of hydrogen-bond donors (Lipinski definition) is 0. The molecule has 1 atom stereocenters. The molecule has 6 nitrogen and oxygen atoms in total. The van der Waals surface area contributed by atoms with Gasteiger partial charge in [0.25, 0.3) is 5.89 Å². The molecule has 0 saturated heterocycles. The maximum absolute atomic E-state index is 6.01. The molecule has 3 heterocycles. The molecule has 0 radical (unpaired) electrons. The van der Waals surface area contributed by atoms with Crippen LogP contribution in [0.4, 0.5) is 0 Å². The first-order chi connectivity index (χ1) is 13.3. The van der Waals surface area contributed by atoms with Crippen molar-refractivity contribution >= 4 is 11.6 Å². The molecule has 5 rings (SSSR count). The molecular weight excluding hydrogens is 364 g/mol. The highest BCUT2D eigenvalue weighted by molar-refractivity contribution is 6.30. The largest absolute Gasteiger partial charge is 0.365 e. The fourth-order valence-electron chi connectivity index (χ4n) is 3.97. The predicted octanol–water partition coefficient (Wildman–Crippen LogP) is 4.91. The number of rotatable bonds is 3. The van der Waals surface area contributed by atoms with Crippen molar-refractivity contribution in [3.63, 3.8) is 0 Å². The van der Waals surface area contributed by atoms with E-state index < -0.39 is 0 Å². The Morgan fingerprint density at radius 2 is 1.89 bits per heavy atom. The first-order valence-electron chi connectivity index (χ1n) is 9.54. The van der Waals surface area contributed by atoms with Gasteiger partial charge in [-0.2, -0.15) is 10.1 Å². The van der Waals surface area contributed by atoms with Crippen LogP contribution >= 0.6 is 11.6 Å². The summed E-state index contributed by atoms with van der Waals surface area (Å²) in [5.41, 5.74) is 2.84. The van der Waals surface area contributed by atoms with Crippen molar-refractivity contribution < 1.29 is 9.26 Å². The molecule has 1 unspecified atom stereocenters. The third-order valence-corrected chi connectivity index (χ3v) is 5.76. The standard InChI is InChI=1S/C20H21ClN4O2/c21-15-8-6-13(7-9-15)18-11-25-16(12-26-18)10-17(23-25)20-22-19(24-27-20)14-4-2-1-3-5-14/h6-10,14,18H,1-5,11-12H2. The van der Waals surface area contributed by atoms with E-state index in [0.29, 0.717) is 25.0 Å². The van der Waals surface area contributed by atoms with Crippen LogP contribution < -0.4 is 0 Å². The molecule has 1 saturated carbocycles. The molecule has 1 aliphatic carbocycles. The van der Waals surface area contributed by atoms with Crippen molar-refractivity contribution in [1.82, 2.24) is 19.9 Å². The molecular formula is C20H21ClN4O2. The lowest BCUT2D eigenvalue weighted by molar-refractivity contribution is -0.00112. The lowest BCUT2D eigenvalue weighted by Gasteiger charge is -2.24. The highest BCUT2D eigenvalue weighted by atomic mass is 35.5. The van der Waals surface area contributed by atoms with Crippen LogP contribution in [0.25, 0.3) is 11.6 Å². The summed E-state index contributed by atoms with van der Waals surface area (Å²) in [7, 11) is 0. The monoisotopic (exact) mass is 384 g/mol. The van der Waals surface area contributed by atoms with Crippen molar-refractivity contribution in [3.8, 4) is 11.6 Å². The van der Waals surface area contributed by atoms with Crippen molar-refractivity contribution in [1.29, 1.82) is 0 Å². The predicted molar refractivity (Wildman–Crippen MR) is 100 cm³/mol. The van der Waals surface area contributed by atoms with Crippen LogP contribution in [0.1, 0.15) is 61.2 Å². The van der Waals surface area contributed by atoms with Crippen LogP contribution in [-0.4, -0.2) is 19.9 Å². The van der Waals surface area contributed by atoms with Gasteiger partial charge in [-0.25, -0.2) is 0 Å². The number of fused-ring (bicyclic) bond motifs is 1. The van der Waals surface area contributed by atoms with Crippen molar-refractivity contribution in [2.45, 2.75) is 57.3 Å². The lowest BCUT2D eigenvalue weighted by atomic mass is 9.89. The summed E-state index contributed by atoms with van der Waals surface area (Å²) in [4.78, 5) is 4.63. The Bertz CT molecular complexity index is 928. The Labute approximate surface area is 162 Å². The molecule has 2 aromatic heterocycles. The summed E-state index contributed by atoms with van der Waals surface area (Å²) in [5.74, 6) is 1.75. The van der Waals surface area contributed by atoms with E-state index in [2.05, 4.69) is 15.2 Å². The lowest BCUT2D eigenvalue weighted by Crippen LogP contribution is -2.21. The van der Waals surface area contributed by atoms with E-state index in [1.54, 1.807) is 0 Å². The number of benzene rings is 1. The zero-order valence-electron chi connectivity index (χ0n) is 15.0. The Hall–Kier alpha value is -2.18. The van der Waals surface area contributed by atoms with Gasteiger partial charge in [0.15, 0.2) is 11.5 Å². The third kappa shape index (κ3) is 3.39. The van der Waals surface area contributed by atoms with Gasteiger partial charge in [0.05, 0.1) is 18.8 Å². The zero-order valence-corrected chi connectivity index (χ0v) is 15.7. The van der Waals surface area contributed by atoms with Crippen LogP contribution in [0.5, 0.6) is 0 Å². The van der Waals surface area contributed by atoms with Gasteiger partial charge in [0.1, 0.15) is 6.10 Å². The highest BCUT2D eigenvalue weighted by Crippen LogP contribution is 2.33. The maximum Gasteiger partial charge on any atom is 0.278 e. The van der Waals surface area contributed by atoms with E-state index in [1.807, 2.05) is 35.0 Å². The highest BCUT2D eigenvalue weighted by Gasteiger charge is 2.26. The summed E-state index contributed by atoms with van der Waals surface area (Å²) in [6.07, 6.45) is 6.06. The van der Waals surface area contributed by atoms with Gasteiger partial charge in [-0.1, -0.05) is 48.2 Å². The zero-order chi connectivity index (χ0) is 18.2. The summed E-state index contributed by atoms with van der Waals surface area (Å²) in [6.45, 7) is 1.16.